The van der Waals surface area contributed by atoms with E-state index in [1.807, 2.05) is 18.5 Å². The molecule has 1 aromatic heterocycles. The highest BCUT2D eigenvalue weighted by Gasteiger charge is 2.41. The summed E-state index contributed by atoms with van der Waals surface area (Å²) in [6.07, 6.45) is 15.0. The highest BCUT2D eigenvalue weighted by molar-refractivity contribution is 5.47. The van der Waals surface area contributed by atoms with E-state index < -0.39 is 0 Å². The Hall–Kier alpha value is -1.15. The van der Waals surface area contributed by atoms with Gasteiger partial charge in [0.1, 0.15) is 0 Å². The first-order valence-corrected chi connectivity index (χ1v) is 6.76. The molecule has 0 spiro atoms. The SMILES string of the molecule is C(=Cc1cccnc1)CCC1C2CCCC1N2. The van der Waals surface area contributed by atoms with E-state index in [1.54, 1.807) is 0 Å². The molecule has 2 aliphatic rings. The molecule has 0 aromatic carbocycles. The Morgan fingerprint density at radius 1 is 1.35 bits per heavy atom. The fraction of sp³-hybridized carbons (Fsp3) is 0.533. The molecule has 1 saturated carbocycles. The maximum absolute atomic E-state index is 4.11. The second-order valence-electron chi connectivity index (χ2n) is 5.24. The van der Waals surface area contributed by atoms with E-state index in [2.05, 4.69) is 28.5 Å². The normalized spacial score (nSPS) is 31.4. The monoisotopic (exact) mass is 228 g/mol. The van der Waals surface area contributed by atoms with Crippen LogP contribution in [0.2, 0.25) is 0 Å². The lowest BCUT2D eigenvalue weighted by Crippen LogP contribution is -2.63. The maximum Gasteiger partial charge on any atom is 0.0340 e. The van der Waals surface area contributed by atoms with Crippen molar-refractivity contribution in [2.24, 2.45) is 5.92 Å². The summed E-state index contributed by atoms with van der Waals surface area (Å²) in [4.78, 5) is 4.11. The van der Waals surface area contributed by atoms with E-state index in [1.165, 1.54) is 37.7 Å². The molecule has 1 aliphatic heterocycles. The average Bonchev–Trinajstić information content (AvgIpc) is 2.40. The van der Waals surface area contributed by atoms with Gasteiger partial charge in [0.15, 0.2) is 0 Å². The van der Waals surface area contributed by atoms with Gasteiger partial charge in [-0.05, 0) is 43.2 Å². The number of fused-ring (bicyclic) bond motifs is 2. The van der Waals surface area contributed by atoms with E-state index in [0.29, 0.717) is 0 Å². The molecular weight excluding hydrogens is 208 g/mol. The van der Waals surface area contributed by atoms with Gasteiger partial charge in [-0.25, -0.2) is 0 Å². The number of nitrogens with zero attached hydrogens (tertiary/aromatic N) is 1. The third kappa shape index (κ3) is 2.42. The number of rotatable bonds is 4. The summed E-state index contributed by atoms with van der Waals surface area (Å²) in [5.74, 6) is 0.947. The number of pyridine rings is 1. The fourth-order valence-electron chi connectivity index (χ4n) is 3.22. The second kappa shape index (κ2) is 5.01. The van der Waals surface area contributed by atoms with E-state index in [9.17, 15) is 0 Å². The molecule has 2 atom stereocenters. The third-order valence-electron chi connectivity index (χ3n) is 4.15. The molecule has 1 saturated heterocycles. The number of hydrogen-bond donors (Lipinski definition) is 1. The summed E-state index contributed by atoms with van der Waals surface area (Å²) < 4.78 is 0. The maximum atomic E-state index is 4.11. The summed E-state index contributed by atoms with van der Waals surface area (Å²) in [6.45, 7) is 0. The zero-order valence-corrected chi connectivity index (χ0v) is 10.2. The van der Waals surface area contributed by atoms with Crippen LogP contribution < -0.4 is 5.32 Å². The van der Waals surface area contributed by atoms with Crippen LogP contribution in [-0.2, 0) is 0 Å². The van der Waals surface area contributed by atoms with E-state index >= 15 is 0 Å². The predicted octanol–water partition coefficient (Wildman–Crippen LogP) is 3.02. The summed E-state index contributed by atoms with van der Waals surface area (Å²) >= 11 is 0. The average molecular weight is 228 g/mol. The lowest BCUT2D eigenvalue weighted by molar-refractivity contribution is 0.0753. The zero-order valence-electron chi connectivity index (χ0n) is 10.2. The van der Waals surface area contributed by atoms with Crippen LogP contribution in [0.3, 0.4) is 0 Å². The van der Waals surface area contributed by atoms with Crippen LogP contribution in [0, 0.1) is 5.92 Å². The number of piperidine rings is 1. The van der Waals surface area contributed by atoms with E-state index in [0.717, 1.165) is 18.0 Å². The minimum Gasteiger partial charge on any atom is -0.311 e. The van der Waals surface area contributed by atoms with Crippen LogP contribution in [0.5, 0.6) is 0 Å². The van der Waals surface area contributed by atoms with Gasteiger partial charge in [-0.1, -0.05) is 24.6 Å². The molecule has 2 heteroatoms. The molecule has 2 unspecified atom stereocenters. The van der Waals surface area contributed by atoms with E-state index in [-0.39, 0.29) is 0 Å². The standard InChI is InChI=1S/C15H20N2/c1(5-12-6-4-10-16-11-12)2-7-13-14-8-3-9-15(13)17-14/h1,4-6,10-11,13-15,17H,2-3,7-9H2. The largest absolute Gasteiger partial charge is 0.311 e. The lowest BCUT2D eigenvalue weighted by atomic mass is 9.70. The topological polar surface area (TPSA) is 24.9 Å². The van der Waals surface area contributed by atoms with Crippen molar-refractivity contribution in [3.05, 3.63) is 36.2 Å². The molecule has 2 heterocycles. The molecule has 2 bridgehead atoms. The Bertz CT molecular complexity index is 371. The van der Waals surface area contributed by atoms with Crippen LogP contribution in [0.25, 0.3) is 6.08 Å². The van der Waals surface area contributed by atoms with Crippen LogP contribution in [0.4, 0.5) is 0 Å². The molecule has 0 amide bonds. The summed E-state index contributed by atoms with van der Waals surface area (Å²) in [6, 6.07) is 5.75. The Morgan fingerprint density at radius 2 is 2.24 bits per heavy atom. The zero-order chi connectivity index (χ0) is 11.5. The Morgan fingerprint density at radius 3 is 2.94 bits per heavy atom. The lowest BCUT2D eigenvalue weighted by Gasteiger charge is -2.51. The molecule has 1 aliphatic carbocycles. The number of aromatic nitrogens is 1. The van der Waals surface area contributed by atoms with Crippen LogP contribution >= 0.6 is 0 Å². The third-order valence-corrected chi connectivity index (χ3v) is 4.15. The first-order valence-electron chi connectivity index (χ1n) is 6.76. The van der Waals surface area contributed by atoms with Gasteiger partial charge in [-0.3, -0.25) is 4.98 Å². The smallest absolute Gasteiger partial charge is 0.0340 e. The molecule has 17 heavy (non-hydrogen) atoms. The molecule has 2 nitrogen and oxygen atoms in total. The van der Waals surface area contributed by atoms with Gasteiger partial charge in [0, 0.05) is 24.5 Å². The van der Waals surface area contributed by atoms with Crippen LogP contribution in [-0.4, -0.2) is 17.1 Å². The van der Waals surface area contributed by atoms with Gasteiger partial charge in [0.05, 0.1) is 0 Å². The van der Waals surface area contributed by atoms with Crippen molar-refractivity contribution in [2.45, 2.75) is 44.2 Å². The molecule has 0 radical (unpaired) electrons. The molecule has 3 rings (SSSR count). The van der Waals surface area contributed by atoms with Gasteiger partial charge in [-0.15, -0.1) is 0 Å². The van der Waals surface area contributed by atoms with E-state index in [4.69, 9.17) is 0 Å². The Labute approximate surface area is 103 Å². The van der Waals surface area contributed by atoms with Crippen molar-refractivity contribution in [3.63, 3.8) is 0 Å². The van der Waals surface area contributed by atoms with Crippen LogP contribution in [0.15, 0.2) is 30.6 Å². The highest BCUT2D eigenvalue weighted by atomic mass is 15.1. The summed E-state index contributed by atoms with van der Waals surface area (Å²) in [5.41, 5.74) is 1.21. The molecular formula is C15H20N2. The first-order chi connectivity index (χ1) is 8.43. The van der Waals surface area contributed by atoms with Crippen molar-refractivity contribution in [3.8, 4) is 0 Å². The highest BCUT2D eigenvalue weighted by Crippen LogP contribution is 2.36. The summed E-state index contributed by atoms with van der Waals surface area (Å²) in [5, 5.41) is 3.65. The molecule has 2 fully saturated rings. The Balaban J connectivity index is 1.45. The second-order valence-corrected chi connectivity index (χ2v) is 5.24. The summed E-state index contributed by atoms with van der Waals surface area (Å²) in [7, 11) is 0. The molecule has 90 valence electrons. The van der Waals surface area contributed by atoms with Crippen molar-refractivity contribution in [1.82, 2.24) is 10.3 Å². The Kier molecular flexibility index (Phi) is 3.23. The number of nitrogens with one attached hydrogen (secondary N) is 1. The van der Waals surface area contributed by atoms with Crippen molar-refractivity contribution >= 4 is 6.08 Å². The fourth-order valence-corrected chi connectivity index (χ4v) is 3.22. The van der Waals surface area contributed by atoms with Crippen LogP contribution in [0.1, 0.15) is 37.7 Å². The number of allylic oxidation sites excluding steroid dienone is 1. The van der Waals surface area contributed by atoms with Gasteiger partial charge < -0.3 is 5.32 Å². The van der Waals surface area contributed by atoms with Gasteiger partial charge >= 0.3 is 0 Å². The molecule has 1 N–H and O–H groups in total. The number of hydrogen-bond acceptors (Lipinski definition) is 2. The minimum absolute atomic E-state index is 0.834. The first kappa shape index (κ1) is 11.0. The van der Waals surface area contributed by atoms with Gasteiger partial charge in [0.25, 0.3) is 0 Å². The van der Waals surface area contributed by atoms with Gasteiger partial charge in [0.2, 0.25) is 0 Å². The van der Waals surface area contributed by atoms with Crippen molar-refractivity contribution in [2.75, 3.05) is 0 Å². The quantitative estimate of drug-likeness (QED) is 0.857. The minimum atomic E-state index is 0.834. The predicted molar refractivity (Wildman–Crippen MR) is 70.6 cm³/mol. The molecule has 1 aromatic rings. The van der Waals surface area contributed by atoms with Crippen molar-refractivity contribution < 1.29 is 0 Å². The van der Waals surface area contributed by atoms with Gasteiger partial charge in [-0.2, -0.15) is 0 Å². The van der Waals surface area contributed by atoms with Crippen molar-refractivity contribution in [1.29, 1.82) is 0 Å².